The van der Waals surface area contributed by atoms with Crippen LogP contribution in [0.15, 0.2) is 6.20 Å². The second-order valence-electron chi connectivity index (χ2n) is 2.01. The summed E-state index contributed by atoms with van der Waals surface area (Å²) in [4.78, 5) is 17.2. The Hall–Kier alpha value is -1.43. The standard InChI is InChI=1S/C6H7N3O2S/c1-11-5(10)3-2-8-6(12)9-4(3)7/h2H,1H3,(H3,7,8,9,12). The van der Waals surface area contributed by atoms with Crippen molar-refractivity contribution in [2.45, 2.75) is 0 Å². The van der Waals surface area contributed by atoms with Crippen molar-refractivity contribution in [3.63, 3.8) is 0 Å². The summed E-state index contributed by atoms with van der Waals surface area (Å²) in [6.45, 7) is 0. The largest absolute Gasteiger partial charge is 0.465 e. The fraction of sp³-hybridized carbons (Fsp3) is 0.167. The van der Waals surface area contributed by atoms with E-state index in [0.717, 1.165) is 0 Å². The molecule has 0 aromatic carbocycles. The highest BCUT2D eigenvalue weighted by Gasteiger charge is 2.09. The van der Waals surface area contributed by atoms with Crippen molar-refractivity contribution < 1.29 is 9.53 Å². The summed E-state index contributed by atoms with van der Waals surface area (Å²) in [5.74, 6) is -0.367. The first-order chi connectivity index (χ1) is 5.65. The topological polar surface area (TPSA) is 81.0 Å². The Kier molecular flexibility index (Phi) is 2.39. The number of hydrogen-bond acceptors (Lipinski definition) is 5. The fourth-order valence-corrected chi connectivity index (χ4v) is 0.843. The summed E-state index contributed by atoms with van der Waals surface area (Å²) < 4.78 is 4.68. The number of aromatic amines is 1. The molecule has 0 aliphatic heterocycles. The van der Waals surface area contributed by atoms with Gasteiger partial charge in [0.05, 0.1) is 7.11 Å². The quantitative estimate of drug-likeness (QED) is 0.492. The van der Waals surface area contributed by atoms with Crippen LogP contribution in [0.2, 0.25) is 0 Å². The summed E-state index contributed by atoms with van der Waals surface area (Å²) in [6, 6.07) is 0. The number of methoxy groups -OCH3 is 1. The lowest BCUT2D eigenvalue weighted by Crippen LogP contribution is -2.08. The van der Waals surface area contributed by atoms with Crippen LogP contribution in [0.3, 0.4) is 0 Å². The van der Waals surface area contributed by atoms with E-state index in [1.165, 1.54) is 13.3 Å². The smallest absolute Gasteiger partial charge is 0.343 e. The lowest BCUT2D eigenvalue weighted by molar-refractivity contribution is 0.0601. The number of hydrogen-bond donors (Lipinski definition) is 2. The summed E-state index contributed by atoms with van der Waals surface area (Å²) in [5.41, 5.74) is 5.62. The van der Waals surface area contributed by atoms with Crippen molar-refractivity contribution in [3.05, 3.63) is 16.5 Å². The summed E-state index contributed by atoms with van der Waals surface area (Å²) in [5, 5.41) is 0. The number of nitrogens with zero attached hydrogens (tertiary/aromatic N) is 1. The van der Waals surface area contributed by atoms with Crippen molar-refractivity contribution in [2.75, 3.05) is 12.8 Å². The minimum Gasteiger partial charge on any atom is -0.465 e. The molecule has 0 unspecified atom stereocenters. The first-order valence-electron chi connectivity index (χ1n) is 3.08. The van der Waals surface area contributed by atoms with Crippen LogP contribution in [0.25, 0.3) is 0 Å². The van der Waals surface area contributed by atoms with Gasteiger partial charge in [-0.3, -0.25) is 0 Å². The average molecular weight is 185 g/mol. The number of aromatic nitrogens is 2. The monoisotopic (exact) mass is 185 g/mol. The second kappa shape index (κ2) is 3.31. The zero-order chi connectivity index (χ0) is 9.14. The van der Waals surface area contributed by atoms with Crippen LogP contribution >= 0.6 is 12.2 Å². The number of carbonyl (C=O) groups is 1. The molecule has 0 saturated heterocycles. The van der Waals surface area contributed by atoms with Gasteiger partial charge in [-0.05, 0) is 12.2 Å². The molecule has 1 aromatic heterocycles. The normalized spacial score (nSPS) is 9.42. The van der Waals surface area contributed by atoms with Crippen molar-refractivity contribution in [1.29, 1.82) is 0 Å². The molecule has 0 aliphatic carbocycles. The molecular formula is C6H7N3O2S. The van der Waals surface area contributed by atoms with E-state index in [2.05, 4.69) is 26.9 Å². The minimum absolute atomic E-state index is 0.168. The van der Waals surface area contributed by atoms with E-state index in [0.29, 0.717) is 0 Å². The number of esters is 1. The van der Waals surface area contributed by atoms with Crippen LogP contribution in [0.4, 0.5) is 5.82 Å². The van der Waals surface area contributed by atoms with E-state index < -0.39 is 5.97 Å². The number of anilines is 1. The van der Waals surface area contributed by atoms with Crippen LogP contribution in [0.1, 0.15) is 10.4 Å². The van der Waals surface area contributed by atoms with Gasteiger partial charge in [0.1, 0.15) is 11.4 Å². The fourth-order valence-electron chi connectivity index (χ4n) is 0.680. The van der Waals surface area contributed by atoms with E-state index >= 15 is 0 Å². The molecule has 12 heavy (non-hydrogen) atoms. The summed E-state index contributed by atoms with van der Waals surface area (Å²) in [7, 11) is 1.27. The molecule has 0 fully saturated rings. The van der Waals surface area contributed by atoms with Gasteiger partial charge in [-0.15, -0.1) is 0 Å². The zero-order valence-electron chi connectivity index (χ0n) is 6.33. The molecule has 1 rings (SSSR count). The van der Waals surface area contributed by atoms with Crippen molar-refractivity contribution >= 4 is 24.0 Å². The number of nitrogens with two attached hydrogens (primary N) is 1. The van der Waals surface area contributed by atoms with Crippen LogP contribution in [0, 0.1) is 4.77 Å². The molecule has 3 N–H and O–H groups in total. The Bertz CT molecular complexity index is 360. The van der Waals surface area contributed by atoms with Crippen molar-refractivity contribution in [3.8, 4) is 0 Å². The number of ether oxygens (including phenoxy) is 1. The first-order valence-corrected chi connectivity index (χ1v) is 3.49. The molecule has 0 saturated carbocycles. The Balaban J connectivity index is 3.18. The molecule has 1 heterocycles. The number of nitrogens with one attached hydrogen (secondary N) is 1. The summed E-state index contributed by atoms with van der Waals surface area (Å²) >= 11 is 4.68. The maximum Gasteiger partial charge on any atom is 0.343 e. The molecule has 6 heteroatoms. The minimum atomic E-state index is -0.536. The van der Waals surface area contributed by atoms with Crippen LogP contribution in [0.5, 0.6) is 0 Å². The van der Waals surface area contributed by atoms with Gasteiger partial charge >= 0.3 is 5.97 Å². The molecule has 0 spiro atoms. The highest BCUT2D eigenvalue weighted by molar-refractivity contribution is 7.71. The van der Waals surface area contributed by atoms with Gasteiger partial charge in [-0.25, -0.2) is 9.78 Å². The van der Waals surface area contributed by atoms with Crippen LogP contribution in [-0.2, 0) is 4.74 Å². The molecule has 0 atom stereocenters. The molecule has 64 valence electrons. The van der Waals surface area contributed by atoms with Gasteiger partial charge in [0.2, 0.25) is 0 Å². The van der Waals surface area contributed by atoms with E-state index in [-0.39, 0.29) is 16.2 Å². The number of H-pyrrole nitrogens is 1. The van der Waals surface area contributed by atoms with Crippen molar-refractivity contribution in [2.24, 2.45) is 0 Å². The van der Waals surface area contributed by atoms with E-state index in [1.54, 1.807) is 0 Å². The van der Waals surface area contributed by atoms with Gasteiger partial charge in [-0.1, -0.05) is 0 Å². The van der Waals surface area contributed by atoms with E-state index in [1.807, 2.05) is 0 Å². The molecule has 0 aliphatic rings. The Morgan fingerprint density at radius 3 is 3.00 bits per heavy atom. The number of carbonyl (C=O) groups excluding carboxylic acids is 1. The second-order valence-corrected chi connectivity index (χ2v) is 2.39. The molecular weight excluding hydrogens is 178 g/mol. The third kappa shape index (κ3) is 1.59. The van der Waals surface area contributed by atoms with Gasteiger partial charge in [-0.2, -0.15) is 0 Å². The number of rotatable bonds is 1. The Morgan fingerprint density at radius 1 is 1.83 bits per heavy atom. The zero-order valence-corrected chi connectivity index (χ0v) is 7.14. The molecule has 5 nitrogen and oxygen atoms in total. The first kappa shape index (κ1) is 8.66. The molecule has 0 radical (unpaired) electrons. The van der Waals surface area contributed by atoms with E-state index in [4.69, 9.17) is 5.73 Å². The van der Waals surface area contributed by atoms with Crippen LogP contribution < -0.4 is 5.73 Å². The maximum absolute atomic E-state index is 10.9. The average Bonchev–Trinajstić information content (AvgIpc) is 2.03. The van der Waals surface area contributed by atoms with Gasteiger partial charge in [0.15, 0.2) is 4.77 Å². The Labute approximate surface area is 73.6 Å². The molecule has 1 aromatic rings. The van der Waals surface area contributed by atoms with Crippen LogP contribution in [-0.4, -0.2) is 23.0 Å². The van der Waals surface area contributed by atoms with Gasteiger partial charge < -0.3 is 15.5 Å². The molecule has 0 amide bonds. The highest BCUT2D eigenvalue weighted by atomic mass is 32.1. The lowest BCUT2D eigenvalue weighted by atomic mass is 10.3. The van der Waals surface area contributed by atoms with E-state index in [9.17, 15) is 4.79 Å². The third-order valence-corrected chi connectivity index (χ3v) is 1.46. The highest BCUT2D eigenvalue weighted by Crippen LogP contribution is 2.06. The predicted octanol–water partition coefficient (Wildman–Crippen LogP) is 0.508. The SMILES string of the molecule is COC(=O)c1cnc(=S)[nH]c1N. The maximum atomic E-state index is 10.9. The lowest BCUT2D eigenvalue weighted by Gasteiger charge is -2.00. The molecule has 0 bridgehead atoms. The van der Waals surface area contributed by atoms with Gasteiger partial charge in [0, 0.05) is 6.20 Å². The van der Waals surface area contributed by atoms with Crippen molar-refractivity contribution in [1.82, 2.24) is 9.97 Å². The number of nitrogen functional groups attached to an aromatic ring is 1. The Morgan fingerprint density at radius 2 is 2.50 bits per heavy atom. The van der Waals surface area contributed by atoms with Gasteiger partial charge in [0.25, 0.3) is 0 Å². The predicted molar refractivity (Wildman–Crippen MR) is 45.2 cm³/mol. The summed E-state index contributed by atoms with van der Waals surface area (Å²) in [6.07, 6.45) is 1.28. The third-order valence-electron chi connectivity index (χ3n) is 1.25.